The second-order valence-electron chi connectivity index (χ2n) is 5.58. The van der Waals surface area contributed by atoms with Crippen LogP contribution in [0.1, 0.15) is 28.6 Å². The monoisotopic (exact) mass is 319 g/mol. The number of carbonyl (C=O) groups excluding carboxylic acids is 1. The van der Waals surface area contributed by atoms with Crippen LogP contribution in [-0.2, 0) is 0 Å². The van der Waals surface area contributed by atoms with Crippen molar-refractivity contribution in [3.8, 4) is 5.88 Å². The van der Waals surface area contributed by atoms with Crippen molar-refractivity contribution in [3.63, 3.8) is 0 Å². The molecule has 0 spiro atoms. The number of carbonyl (C=O) groups is 1. The average Bonchev–Trinajstić information content (AvgIpc) is 3.16. The van der Waals surface area contributed by atoms with E-state index in [4.69, 9.17) is 9.26 Å². The van der Waals surface area contributed by atoms with Gasteiger partial charge in [-0.2, -0.15) is 0 Å². The third-order valence-corrected chi connectivity index (χ3v) is 4.10. The van der Waals surface area contributed by atoms with Gasteiger partial charge >= 0.3 is 0 Å². The highest BCUT2D eigenvalue weighted by Crippen LogP contribution is 2.31. The van der Waals surface area contributed by atoms with E-state index in [1.165, 1.54) is 25.3 Å². The van der Waals surface area contributed by atoms with E-state index >= 15 is 0 Å². The van der Waals surface area contributed by atoms with Gasteiger partial charge in [-0.25, -0.2) is 4.39 Å². The number of methoxy groups -OCH3 is 1. The standard InChI is InChI=1S/C16H18FN3O3/c1-20-8-7-12(15(20)10-3-5-11(17)6-4-10)18-16(21)13-9-14(22-2)19-23-13/h3-6,9,12,15H,7-8H2,1-2H3,(H,18,21). The third kappa shape index (κ3) is 3.19. The lowest BCUT2D eigenvalue weighted by atomic mass is 10.00. The number of rotatable bonds is 4. The Kier molecular flexibility index (Phi) is 4.29. The second kappa shape index (κ2) is 6.37. The molecule has 3 rings (SSSR count). The first-order valence-corrected chi connectivity index (χ1v) is 7.36. The fourth-order valence-corrected chi connectivity index (χ4v) is 2.95. The molecule has 23 heavy (non-hydrogen) atoms. The molecule has 1 saturated heterocycles. The maximum atomic E-state index is 13.1. The van der Waals surface area contributed by atoms with Gasteiger partial charge in [0, 0.05) is 6.54 Å². The van der Waals surface area contributed by atoms with Crippen LogP contribution in [-0.4, -0.2) is 42.7 Å². The molecule has 1 amide bonds. The van der Waals surface area contributed by atoms with Crippen molar-refractivity contribution in [2.45, 2.75) is 18.5 Å². The number of hydrogen-bond acceptors (Lipinski definition) is 5. The number of nitrogens with zero attached hydrogens (tertiary/aromatic N) is 2. The van der Waals surface area contributed by atoms with Crippen LogP contribution in [0, 0.1) is 5.82 Å². The van der Waals surface area contributed by atoms with E-state index in [1.807, 2.05) is 7.05 Å². The summed E-state index contributed by atoms with van der Waals surface area (Å²) in [5.41, 5.74) is 0.965. The number of aromatic nitrogens is 1. The van der Waals surface area contributed by atoms with Crippen LogP contribution in [0.4, 0.5) is 4.39 Å². The summed E-state index contributed by atoms with van der Waals surface area (Å²) in [5, 5.41) is 6.58. The zero-order valence-corrected chi connectivity index (χ0v) is 13.0. The SMILES string of the molecule is COc1cc(C(=O)NC2CCN(C)C2c2ccc(F)cc2)on1. The number of halogens is 1. The molecule has 0 bridgehead atoms. The van der Waals surface area contributed by atoms with Gasteiger partial charge in [-0.15, -0.1) is 0 Å². The summed E-state index contributed by atoms with van der Waals surface area (Å²) in [5.74, 6) is -0.250. The summed E-state index contributed by atoms with van der Waals surface area (Å²) in [7, 11) is 3.44. The Morgan fingerprint density at radius 2 is 2.17 bits per heavy atom. The Morgan fingerprint density at radius 1 is 1.43 bits per heavy atom. The number of amides is 1. The van der Waals surface area contributed by atoms with Gasteiger partial charge < -0.3 is 14.6 Å². The minimum atomic E-state index is -0.340. The lowest BCUT2D eigenvalue weighted by Gasteiger charge is -2.25. The van der Waals surface area contributed by atoms with E-state index in [1.54, 1.807) is 12.1 Å². The Labute approximate surface area is 133 Å². The van der Waals surface area contributed by atoms with Gasteiger partial charge in [-0.05, 0) is 36.3 Å². The van der Waals surface area contributed by atoms with Crippen molar-refractivity contribution >= 4 is 5.91 Å². The van der Waals surface area contributed by atoms with Crippen molar-refractivity contribution < 1.29 is 18.4 Å². The van der Waals surface area contributed by atoms with Crippen LogP contribution in [0.25, 0.3) is 0 Å². The van der Waals surface area contributed by atoms with Crippen LogP contribution in [0.15, 0.2) is 34.9 Å². The Morgan fingerprint density at radius 3 is 2.83 bits per heavy atom. The Bertz CT molecular complexity index is 686. The first-order valence-electron chi connectivity index (χ1n) is 7.36. The van der Waals surface area contributed by atoms with Gasteiger partial charge in [0.1, 0.15) is 5.82 Å². The first kappa shape index (κ1) is 15.5. The predicted molar refractivity (Wildman–Crippen MR) is 80.7 cm³/mol. The molecule has 0 saturated carbocycles. The largest absolute Gasteiger partial charge is 0.479 e. The van der Waals surface area contributed by atoms with Crippen molar-refractivity contribution in [2.24, 2.45) is 0 Å². The summed E-state index contributed by atoms with van der Waals surface area (Å²) in [6, 6.07) is 7.71. The number of benzene rings is 1. The first-order chi connectivity index (χ1) is 11.1. The average molecular weight is 319 g/mol. The van der Waals surface area contributed by atoms with Crippen LogP contribution >= 0.6 is 0 Å². The van der Waals surface area contributed by atoms with Gasteiger partial charge in [0.2, 0.25) is 5.76 Å². The minimum absolute atomic E-state index is 0.00985. The molecule has 0 aliphatic carbocycles. The number of nitrogens with one attached hydrogen (secondary N) is 1. The molecule has 2 atom stereocenters. The molecule has 7 heteroatoms. The van der Waals surface area contributed by atoms with Gasteiger partial charge in [0.25, 0.3) is 11.8 Å². The van der Waals surface area contributed by atoms with Crippen LogP contribution in [0.5, 0.6) is 5.88 Å². The molecular weight excluding hydrogens is 301 g/mol. The Hall–Kier alpha value is -2.41. The summed E-state index contributed by atoms with van der Waals surface area (Å²) in [6.07, 6.45) is 0.801. The van der Waals surface area contributed by atoms with Crippen molar-refractivity contribution in [3.05, 3.63) is 47.5 Å². The normalized spacial score (nSPS) is 21.3. The molecule has 1 aliphatic heterocycles. The quantitative estimate of drug-likeness (QED) is 0.933. The third-order valence-electron chi connectivity index (χ3n) is 4.10. The second-order valence-corrected chi connectivity index (χ2v) is 5.58. The van der Waals surface area contributed by atoms with E-state index in [2.05, 4.69) is 15.4 Å². The molecule has 2 heterocycles. The van der Waals surface area contributed by atoms with Crippen LogP contribution in [0.3, 0.4) is 0 Å². The van der Waals surface area contributed by atoms with E-state index in [9.17, 15) is 9.18 Å². The minimum Gasteiger partial charge on any atom is -0.479 e. The molecule has 1 aromatic carbocycles. The lowest BCUT2D eigenvalue weighted by molar-refractivity contribution is 0.0890. The number of ether oxygens (including phenoxy) is 1. The highest BCUT2D eigenvalue weighted by molar-refractivity contribution is 5.91. The number of hydrogen-bond donors (Lipinski definition) is 1. The van der Waals surface area contributed by atoms with Crippen molar-refractivity contribution in [2.75, 3.05) is 20.7 Å². The Balaban J connectivity index is 1.75. The predicted octanol–water partition coefficient (Wildman–Crippen LogP) is 2.00. The van der Waals surface area contributed by atoms with E-state index in [-0.39, 0.29) is 35.4 Å². The van der Waals surface area contributed by atoms with Gasteiger partial charge in [-0.3, -0.25) is 9.69 Å². The van der Waals surface area contributed by atoms with Crippen molar-refractivity contribution in [1.29, 1.82) is 0 Å². The smallest absolute Gasteiger partial charge is 0.290 e. The summed E-state index contributed by atoms with van der Waals surface area (Å²) in [4.78, 5) is 14.4. The topological polar surface area (TPSA) is 67.6 Å². The van der Waals surface area contributed by atoms with Crippen molar-refractivity contribution in [1.82, 2.24) is 15.4 Å². The van der Waals surface area contributed by atoms with E-state index in [0.717, 1.165) is 18.5 Å². The molecule has 1 aliphatic rings. The molecule has 1 N–H and O–H groups in total. The summed E-state index contributed by atoms with van der Waals surface area (Å²) < 4.78 is 23.0. The fraction of sp³-hybridized carbons (Fsp3) is 0.375. The molecule has 0 radical (unpaired) electrons. The highest BCUT2D eigenvalue weighted by Gasteiger charge is 2.34. The number of likely N-dealkylation sites (tertiary alicyclic amines) is 1. The maximum Gasteiger partial charge on any atom is 0.290 e. The van der Waals surface area contributed by atoms with Crippen LogP contribution < -0.4 is 10.1 Å². The molecule has 2 aromatic rings. The fourth-order valence-electron chi connectivity index (χ4n) is 2.95. The molecular formula is C16H18FN3O3. The van der Waals surface area contributed by atoms with Crippen LogP contribution in [0.2, 0.25) is 0 Å². The maximum absolute atomic E-state index is 13.1. The van der Waals surface area contributed by atoms with Gasteiger partial charge in [0.05, 0.1) is 25.3 Å². The zero-order valence-electron chi connectivity index (χ0n) is 13.0. The van der Waals surface area contributed by atoms with Gasteiger partial charge in [0.15, 0.2) is 0 Å². The molecule has 122 valence electrons. The molecule has 6 nitrogen and oxygen atoms in total. The lowest BCUT2D eigenvalue weighted by Crippen LogP contribution is -2.38. The zero-order chi connectivity index (χ0) is 16.4. The molecule has 2 unspecified atom stereocenters. The molecule has 1 fully saturated rings. The number of likely N-dealkylation sites (N-methyl/N-ethyl adjacent to an activating group) is 1. The summed E-state index contributed by atoms with van der Waals surface area (Å²) >= 11 is 0. The molecule has 1 aromatic heterocycles. The summed E-state index contributed by atoms with van der Waals surface area (Å²) in [6.45, 7) is 0.840. The van der Waals surface area contributed by atoms with E-state index < -0.39 is 0 Å². The highest BCUT2D eigenvalue weighted by atomic mass is 19.1. The van der Waals surface area contributed by atoms with Gasteiger partial charge in [-0.1, -0.05) is 12.1 Å². The van der Waals surface area contributed by atoms with E-state index in [0.29, 0.717) is 0 Å².